The van der Waals surface area contributed by atoms with E-state index in [2.05, 4.69) is 11.1 Å². The number of hydrogen-bond acceptors (Lipinski definition) is 8. The van der Waals surface area contributed by atoms with E-state index in [1.807, 2.05) is 47.1 Å². The first-order chi connectivity index (χ1) is 18.5. The Balaban J connectivity index is 1.75. The van der Waals surface area contributed by atoms with E-state index in [9.17, 15) is 14.9 Å². The van der Waals surface area contributed by atoms with Crippen molar-refractivity contribution >= 4 is 23.3 Å². The van der Waals surface area contributed by atoms with Gasteiger partial charge in [-0.1, -0.05) is 48.5 Å². The van der Waals surface area contributed by atoms with Gasteiger partial charge in [-0.15, -0.1) is 0 Å². The summed E-state index contributed by atoms with van der Waals surface area (Å²) in [6.45, 7) is 0. The number of carbonyl (C=O) groups excluding carboxylic acids is 2. The van der Waals surface area contributed by atoms with Crippen molar-refractivity contribution in [1.82, 2.24) is 9.38 Å². The number of imidazole rings is 1. The van der Waals surface area contributed by atoms with Gasteiger partial charge in [0.05, 0.1) is 43.0 Å². The SMILES string of the molecule is COC(=O)C1=C(C(=O)OC)N(c2cccc(-c3cn4ccccc4n3)c2)C(N)=C(C#N)C1c1ccccc1. The first-order valence-electron chi connectivity index (χ1n) is 11.7. The van der Waals surface area contributed by atoms with Crippen LogP contribution in [0, 0.1) is 11.3 Å². The Bertz CT molecular complexity index is 1630. The lowest BCUT2D eigenvalue weighted by atomic mass is 9.81. The van der Waals surface area contributed by atoms with Crippen molar-refractivity contribution in [2.45, 2.75) is 5.92 Å². The standard InChI is InChI=1S/C29H23N5O4/c1-37-28(35)25-24(18-9-4-3-5-10-18)21(16-30)27(31)34(26(25)29(36)38-2)20-12-8-11-19(15-20)22-17-33-14-7-6-13-23(33)32-22/h3-15,17,24H,31H2,1-2H3. The van der Waals surface area contributed by atoms with E-state index in [0.717, 1.165) is 11.2 Å². The van der Waals surface area contributed by atoms with Crippen LogP contribution in [0.25, 0.3) is 16.9 Å². The van der Waals surface area contributed by atoms with Crippen molar-refractivity contribution in [3.05, 3.63) is 113 Å². The van der Waals surface area contributed by atoms with E-state index >= 15 is 0 Å². The summed E-state index contributed by atoms with van der Waals surface area (Å²) >= 11 is 0. The first kappa shape index (κ1) is 24.3. The van der Waals surface area contributed by atoms with Gasteiger partial charge in [-0.3, -0.25) is 4.90 Å². The number of nitrogens with two attached hydrogens (primary N) is 1. The number of fused-ring (bicyclic) bond motifs is 1. The molecule has 9 heteroatoms. The van der Waals surface area contributed by atoms with Crippen LogP contribution >= 0.6 is 0 Å². The molecule has 2 aromatic carbocycles. The van der Waals surface area contributed by atoms with E-state index < -0.39 is 17.9 Å². The first-order valence-corrected chi connectivity index (χ1v) is 11.7. The fraction of sp³-hybridized carbons (Fsp3) is 0.103. The van der Waals surface area contributed by atoms with Gasteiger partial charge >= 0.3 is 11.9 Å². The minimum atomic E-state index is -0.930. The average Bonchev–Trinajstić information content (AvgIpc) is 3.40. The minimum Gasteiger partial charge on any atom is -0.466 e. The smallest absolute Gasteiger partial charge is 0.355 e. The van der Waals surface area contributed by atoms with E-state index in [1.54, 1.807) is 42.5 Å². The summed E-state index contributed by atoms with van der Waals surface area (Å²) < 4.78 is 12.1. The number of benzene rings is 2. The molecular formula is C29H23N5O4. The van der Waals surface area contributed by atoms with Crippen LogP contribution in [-0.4, -0.2) is 35.5 Å². The number of anilines is 1. The third-order valence-corrected chi connectivity index (χ3v) is 6.37. The van der Waals surface area contributed by atoms with E-state index in [0.29, 0.717) is 16.9 Å². The van der Waals surface area contributed by atoms with E-state index in [1.165, 1.54) is 19.1 Å². The summed E-state index contributed by atoms with van der Waals surface area (Å²) in [5.41, 5.74) is 9.77. The maximum absolute atomic E-state index is 13.3. The fourth-order valence-electron chi connectivity index (χ4n) is 4.66. The Morgan fingerprint density at radius 1 is 0.974 bits per heavy atom. The topological polar surface area (TPSA) is 123 Å². The molecule has 0 amide bonds. The molecule has 0 saturated carbocycles. The molecule has 2 N–H and O–H groups in total. The molecular weight excluding hydrogens is 482 g/mol. The second-order valence-corrected chi connectivity index (χ2v) is 8.48. The molecule has 0 aliphatic carbocycles. The minimum absolute atomic E-state index is 0.00144. The number of rotatable bonds is 5. The van der Waals surface area contributed by atoms with Crippen LogP contribution in [0.2, 0.25) is 0 Å². The van der Waals surface area contributed by atoms with Crippen LogP contribution in [0.15, 0.2) is 108 Å². The summed E-state index contributed by atoms with van der Waals surface area (Å²) in [7, 11) is 2.43. The molecule has 0 bridgehead atoms. The lowest BCUT2D eigenvalue weighted by Gasteiger charge is -2.36. The maximum atomic E-state index is 13.3. The molecule has 0 spiro atoms. The zero-order valence-electron chi connectivity index (χ0n) is 20.7. The molecule has 4 aromatic rings. The van der Waals surface area contributed by atoms with Crippen molar-refractivity contribution in [2.75, 3.05) is 19.1 Å². The molecule has 1 unspecified atom stereocenters. The number of ether oxygens (including phenoxy) is 2. The number of allylic oxidation sites excluding steroid dienone is 1. The Morgan fingerprint density at radius 2 is 1.71 bits per heavy atom. The largest absolute Gasteiger partial charge is 0.466 e. The number of methoxy groups -OCH3 is 2. The quantitative estimate of drug-likeness (QED) is 0.405. The summed E-state index contributed by atoms with van der Waals surface area (Å²) in [5.74, 6) is -2.51. The van der Waals surface area contributed by atoms with Crippen molar-refractivity contribution in [3.63, 3.8) is 0 Å². The Morgan fingerprint density at radius 3 is 2.39 bits per heavy atom. The number of nitriles is 1. The number of pyridine rings is 1. The molecule has 1 atom stereocenters. The molecule has 9 nitrogen and oxygen atoms in total. The molecule has 0 fully saturated rings. The number of nitrogens with zero attached hydrogens (tertiary/aromatic N) is 4. The highest BCUT2D eigenvalue weighted by atomic mass is 16.5. The third kappa shape index (κ3) is 4.04. The van der Waals surface area contributed by atoms with Crippen molar-refractivity contribution in [3.8, 4) is 17.3 Å². The number of esters is 2. The molecule has 2 aromatic heterocycles. The highest BCUT2D eigenvalue weighted by molar-refractivity contribution is 6.06. The number of aromatic nitrogens is 2. The third-order valence-electron chi connectivity index (χ3n) is 6.37. The molecule has 188 valence electrons. The van der Waals surface area contributed by atoms with Crippen molar-refractivity contribution in [2.24, 2.45) is 5.73 Å². The molecule has 38 heavy (non-hydrogen) atoms. The van der Waals surface area contributed by atoms with Crippen LogP contribution in [0.3, 0.4) is 0 Å². The Hall–Kier alpha value is -5.36. The highest BCUT2D eigenvalue weighted by Gasteiger charge is 2.43. The van der Waals surface area contributed by atoms with Crippen LogP contribution < -0.4 is 10.6 Å². The zero-order chi connectivity index (χ0) is 26.8. The van der Waals surface area contributed by atoms with Gasteiger partial charge in [0, 0.05) is 23.6 Å². The second kappa shape index (κ2) is 9.95. The maximum Gasteiger partial charge on any atom is 0.355 e. The molecule has 1 aliphatic rings. The lowest BCUT2D eigenvalue weighted by Crippen LogP contribution is -2.40. The van der Waals surface area contributed by atoms with Gasteiger partial charge in [-0.25, -0.2) is 14.6 Å². The molecule has 0 saturated heterocycles. The van der Waals surface area contributed by atoms with Gasteiger partial charge in [-0.05, 0) is 29.8 Å². The average molecular weight is 506 g/mol. The summed E-state index contributed by atoms with van der Waals surface area (Å²) in [4.78, 5) is 32.5. The van der Waals surface area contributed by atoms with Gasteiger partial charge in [-0.2, -0.15) is 5.26 Å². The Labute approximate surface area is 218 Å². The lowest BCUT2D eigenvalue weighted by molar-refractivity contribution is -0.139. The van der Waals surface area contributed by atoms with Gasteiger partial charge in [0.15, 0.2) is 0 Å². The molecule has 0 radical (unpaired) electrons. The van der Waals surface area contributed by atoms with Gasteiger partial charge in [0.1, 0.15) is 17.2 Å². The van der Waals surface area contributed by atoms with Crippen LogP contribution in [0.4, 0.5) is 5.69 Å². The zero-order valence-corrected chi connectivity index (χ0v) is 20.7. The summed E-state index contributed by atoms with van der Waals surface area (Å²) in [6, 6.07) is 23.9. The molecule has 1 aliphatic heterocycles. The fourth-order valence-corrected chi connectivity index (χ4v) is 4.66. The predicted octanol–water partition coefficient (Wildman–Crippen LogP) is 3.90. The van der Waals surface area contributed by atoms with Crippen LogP contribution in [0.1, 0.15) is 11.5 Å². The number of carbonyl (C=O) groups is 2. The molecule has 5 rings (SSSR count). The van der Waals surface area contributed by atoms with Crippen molar-refractivity contribution < 1.29 is 19.1 Å². The predicted molar refractivity (Wildman–Crippen MR) is 140 cm³/mol. The van der Waals surface area contributed by atoms with Gasteiger partial charge in [0.25, 0.3) is 0 Å². The normalized spacial score (nSPS) is 15.4. The van der Waals surface area contributed by atoms with Crippen molar-refractivity contribution in [1.29, 1.82) is 5.26 Å². The highest BCUT2D eigenvalue weighted by Crippen LogP contribution is 2.43. The van der Waals surface area contributed by atoms with E-state index in [-0.39, 0.29) is 22.7 Å². The summed E-state index contributed by atoms with van der Waals surface area (Å²) in [5, 5.41) is 10.2. The van der Waals surface area contributed by atoms with Crippen LogP contribution in [0.5, 0.6) is 0 Å². The van der Waals surface area contributed by atoms with E-state index in [4.69, 9.17) is 15.2 Å². The number of hydrogen-bond donors (Lipinski definition) is 1. The Kier molecular flexibility index (Phi) is 6.37. The summed E-state index contributed by atoms with van der Waals surface area (Å²) in [6.07, 6.45) is 3.78. The van der Waals surface area contributed by atoms with Gasteiger partial charge in [0.2, 0.25) is 0 Å². The van der Waals surface area contributed by atoms with Crippen LogP contribution in [-0.2, 0) is 19.1 Å². The molecule has 3 heterocycles. The second-order valence-electron chi connectivity index (χ2n) is 8.48. The van der Waals surface area contributed by atoms with Gasteiger partial charge < -0.3 is 19.6 Å². The monoisotopic (exact) mass is 505 g/mol.